The lowest BCUT2D eigenvalue weighted by Gasteiger charge is -2.30. The van der Waals surface area contributed by atoms with E-state index >= 15 is 0 Å². The van der Waals surface area contributed by atoms with E-state index in [0.29, 0.717) is 6.04 Å². The number of nitrogens with one attached hydrogen (secondary N) is 1. The fourth-order valence-corrected chi connectivity index (χ4v) is 2.83. The molecular formula is C17H23N3. The Balaban J connectivity index is 1.82. The van der Waals surface area contributed by atoms with Gasteiger partial charge >= 0.3 is 0 Å². The van der Waals surface area contributed by atoms with E-state index in [9.17, 15) is 0 Å². The largest absolute Gasteiger partial charge is 0.309 e. The number of rotatable bonds is 6. The van der Waals surface area contributed by atoms with Crippen molar-refractivity contribution in [3.05, 3.63) is 36.2 Å². The standard InChI is InChI=1S/C17H23N3/c1-2-10-18-16(11-13-6-5-7-13)17-12-19-14-8-3-4-9-15(14)20-17/h3-4,8-9,12-13,16,18H,2,5-7,10-11H2,1H3. The van der Waals surface area contributed by atoms with Gasteiger partial charge in [-0.25, -0.2) is 4.98 Å². The maximum atomic E-state index is 4.81. The zero-order valence-corrected chi connectivity index (χ0v) is 12.2. The highest BCUT2D eigenvalue weighted by molar-refractivity contribution is 5.73. The first-order chi connectivity index (χ1) is 9.86. The maximum absolute atomic E-state index is 4.81. The van der Waals surface area contributed by atoms with Gasteiger partial charge < -0.3 is 5.32 Å². The van der Waals surface area contributed by atoms with Crippen molar-refractivity contribution in [2.24, 2.45) is 5.92 Å². The van der Waals surface area contributed by atoms with E-state index in [2.05, 4.69) is 17.2 Å². The second-order valence-corrected chi connectivity index (χ2v) is 5.82. The van der Waals surface area contributed by atoms with E-state index in [1.54, 1.807) is 0 Å². The summed E-state index contributed by atoms with van der Waals surface area (Å²) in [5, 5.41) is 3.65. The molecule has 0 amide bonds. The molecule has 1 atom stereocenters. The highest BCUT2D eigenvalue weighted by atomic mass is 15.0. The summed E-state index contributed by atoms with van der Waals surface area (Å²) in [6.45, 7) is 3.26. The predicted octanol–water partition coefficient (Wildman–Crippen LogP) is 3.86. The molecule has 0 spiro atoms. The van der Waals surface area contributed by atoms with Gasteiger partial charge in [-0.2, -0.15) is 0 Å². The molecule has 0 radical (unpaired) electrons. The Kier molecular flexibility index (Phi) is 4.26. The second-order valence-electron chi connectivity index (χ2n) is 5.82. The Bertz CT molecular complexity index is 563. The fraction of sp³-hybridized carbons (Fsp3) is 0.529. The minimum absolute atomic E-state index is 0.359. The average Bonchev–Trinajstić information content (AvgIpc) is 2.45. The van der Waals surface area contributed by atoms with Gasteiger partial charge in [0, 0.05) is 0 Å². The number of nitrogens with zero attached hydrogens (tertiary/aromatic N) is 2. The molecule has 0 bridgehead atoms. The smallest absolute Gasteiger partial charge is 0.0890 e. The molecule has 3 rings (SSSR count). The van der Waals surface area contributed by atoms with Crippen LogP contribution in [0.25, 0.3) is 11.0 Å². The van der Waals surface area contributed by atoms with Crippen LogP contribution >= 0.6 is 0 Å². The third-order valence-corrected chi connectivity index (χ3v) is 4.26. The Morgan fingerprint density at radius 3 is 2.75 bits per heavy atom. The van der Waals surface area contributed by atoms with Crippen molar-refractivity contribution >= 4 is 11.0 Å². The van der Waals surface area contributed by atoms with Gasteiger partial charge in [-0.05, 0) is 37.4 Å². The summed E-state index contributed by atoms with van der Waals surface area (Å²) in [7, 11) is 0. The monoisotopic (exact) mass is 269 g/mol. The van der Waals surface area contributed by atoms with Gasteiger partial charge in [0.15, 0.2) is 0 Å². The molecule has 20 heavy (non-hydrogen) atoms. The number of para-hydroxylation sites is 2. The van der Waals surface area contributed by atoms with Crippen molar-refractivity contribution in [2.45, 2.75) is 45.1 Å². The van der Waals surface area contributed by atoms with Crippen LogP contribution in [-0.2, 0) is 0 Å². The molecule has 1 aromatic carbocycles. The number of hydrogen-bond acceptors (Lipinski definition) is 3. The Labute approximate surface area is 120 Å². The minimum atomic E-state index is 0.359. The molecule has 0 aliphatic heterocycles. The number of fused-ring (bicyclic) bond motifs is 1. The molecule has 3 nitrogen and oxygen atoms in total. The normalized spacial score (nSPS) is 17.1. The first-order valence-corrected chi connectivity index (χ1v) is 7.82. The molecule has 1 aromatic heterocycles. The fourth-order valence-electron chi connectivity index (χ4n) is 2.83. The molecule has 106 valence electrons. The zero-order chi connectivity index (χ0) is 13.8. The van der Waals surface area contributed by atoms with Crippen LogP contribution in [0.15, 0.2) is 30.5 Å². The summed E-state index contributed by atoms with van der Waals surface area (Å²) in [5.41, 5.74) is 3.08. The summed E-state index contributed by atoms with van der Waals surface area (Å²) in [4.78, 5) is 9.37. The Morgan fingerprint density at radius 1 is 1.25 bits per heavy atom. The molecular weight excluding hydrogens is 246 g/mol. The quantitative estimate of drug-likeness (QED) is 0.865. The van der Waals surface area contributed by atoms with Gasteiger partial charge in [-0.1, -0.05) is 38.3 Å². The molecule has 1 heterocycles. The van der Waals surface area contributed by atoms with E-state index in [-0.39, 0.29) is 0 Å². The first kappa shape index (κ1) is 13.5. The Hall–Kier alpha value is -1.48. The molecule has 1 aliphatic carbocycles. The zero-order valence-electron chi connectivity index (χ0n) is 12.2. The van der Waals surface area contributed by atoms with Gasteiger partial charge in [0.25, 0.3) is 0 Å². The van der Waals surface area contributed by atoms with Crippen LogP contribution < -0.4 is 5.32 Å². The molecule has 1 saturated carbocycles. The highest BCUT2D eigenvalue weighted by Crippen LogP contribution is 2.34. The lowest BCUT2D eigenvalue weighted by atomic mass is 9.80. The lowest BCUT2D eigenvalue weighted by Crippen LogP contribution is -2.27. The number of benzene rings is 1. The second kappa shape index (κ2) is 6.31. The van der Waals surface area contributed by atoms with Crippen LogP contribution in [0.2, 0.25) is 0 Å². The van der Waals surface area contributed by atoms with Gasteiger partial charge in [-0.15, -0.1) is 0 Å². The third kappa shape index (κ3) is 2.98. The first-order valence-electron chi connectivity index (χ1n) is 7.82. The van der Waals surface area contributed by atoms with Crippen molar-refractivity contribution in [3.63, 3.8) is 0 Å². The summed E-state index contributed by atoms with van der Waals surface area (Å²) in [6, 6.07) is 8.47. The van der Waals surface area contributed by atoms with Crippen LogP contribution in [0.3, 0.4) is 0 Å². The maximum Gasteiger partial charge on any atom is 0.0890 e. The van der Waals surface area contributed by atoms with Gasteiger partial charge in [0.1, 0.15) is 0 Å². The van der Waals surface area contributed by atoms with E-state index in [4.69, 9.17) is 4.98 Å². The van der Waals surface area contributed by atoms with Crippen molar-refractivity contribution in [3.8, 4) is 0 Å². The van der Waals surface area contributed by atoms with Crippen LogP contribution in [-0.4, -0.2) is 16.5 Å². The molecule has 0 saturated heterocycles. The average molecular weight is 269 g/mol. The van der Waals surface area contributed by atoms with Crippen LogP contribution in [0.5, 0.6) is 0 Å². The molecule has 2 aromatic rings. The topological polar surface area (TPSA) is 37.8 Å². The molecule has 1 fully saturated rings. The van der Waals surface area contributed by atoms with Crippen molar-refractivity contribution < 1.29 is 0 Å². The SMILES string of the molecule is CCCNC(CC1CCC1)c1cnc2ccccc2n1. The third-order valence-electron chi connectivity index (χ3n) is 4.26. The van der Waals surface area contributed by atoms with E-state index in [0.717, 1.165) is 35.6 Å². The van der Waals surface area contributed by atoms with Crippen LogP contribution in [0.4, 0.5) is 0 Å². The summed E-state index contributed by atoms with van der Waals surface area (Å²) < 4.78 is 0. The van der Waals surface area contributed by atoms with E-state index in [1.165, 1.54) is 25.7 Å². The van der Waals surface area contributed by atoms with E-state index < -0.39 is 0 Å². The van der Waals surface area contributed by atoms with Crippen molar-refractivity contribution in [1.29, 1.82) is 0 Å². The van der Waals surface area contributed by atoms with E-state index in [1.807, 2.05) is 30.5 Å². The summed E-state index contributed by atoms with van der Waals surface area (Å²) in [6.07, 6.45) is 8.47. The minimum Gasteiger partial charge on any atom is -0.309 e. The lowest BCUT2D eigenvalue weighted by molar-refractivity contribution is 0.259. The highest BCUT2D eigenvalue weighted by Gasteiger charge is 2.23. The van der Waals surface area contributed by atoms with Gasteiger partial charge in [-0.3, -0.25) is 4.98 Å². The van der Waals surface area contributed by atoms with Crippen molar-refractivity contribution in [1.82, 2.24) is 15.3 Å². The van der Waals surface area contributed by atoms with Gasteiger partial charge in [0.2, 0.25) is 0 Å². The molecule has 1 unspecified atom stereocenters. The van der Waals surface area contributed by atoms with Gasteiger partial charge in [0.05, 0.1) is 29.0 Å². The van der Waals surface area contributed by atoms with Crippen LogP contribution in [0, 0.1) is 5.92 Å². The molecule has 1 N–H and O–H groups in total. The predicted molar refractivity (Wildman–Crippen MR) is 82.5 cm³/mol. The number of aromatic nitrogens is 2. The van der Waals surface area contributed by atoms with Crippen molar-refractivity contribution in [2.75, 3.05) is 6.54 Å². The number of hydrogen-bond donors (Lipinski definition) is 1. The van der Waals surface area contributed by atoms with Crippen LogP contribution in [0.1, 0.15) is 50.8 Å². The summed E-state index contributed by atoms with van der Waals surface area (Å²) in [5.74, 6) is 0.873. The summed E-state index contributed by atoms with van der Waals surface area (Å²) >= 11 is 0. The molecule has 1 aliphatic rings. The Morgan fingerprint density at radius 2 is 2.05 bits per heavy atom. The molecule has 3 heteroatoms.